The molecule has 1 N–H and O–H groups in total. The van der Waals surface area contributed by atoms with Crippen LogP contribution in [-0.2, 0) is 6.42 Å². The third-order valence-electron chi connectivity index (χ3n) is 4.74. The van der Waals surface area contributed by atoms with Crippen molar-refractivity contribution in [2.75, 3.05) is 26.2 Å². The standard InChI is InChI=1S/C16H24N2O3/c1-2-12-6-7-15(21-12)16(20)18-10-8-17(9-11-18)13-4-3-5-14(13)19/h6-7,13-14,19H,2-5,8-11H2,1H3/t13-,14+/m0/s1. The first-order chi connectivity index (χ1) is 10.2. The van der Waals surface area contributed by atoms with Crippen molar-refractivity contribution in [3.05, 3.63) is 23.7 Å². The summed E-state index contributed by atoms with van der Waals surface area (Å²) in [6, 6.07) is 3.93. The minimum atomic E-state index is -0.190. The van der Waals surface area contributed by atoms with Crippen molar-refractivity contribution < 1.29 is 14.3 Å². The molecule has 0 spiro atoms. The number of hydrogen-bond donors (Lipinski definition) is 1. The van der Waals surface area contributed by atoms with Gasteiger partial charge in [0.05, 0.1) is 6.10 Å². The molecule has 1 aliphatic heterocycles. The number of aryl methyl sites for hydroxylation is 1. The van der Waals surface area contributed by atoms with Gasteiger partial charge in [-0.1, -0.05) is 6.92 Å². The molecule has 116 valence electrons. The summed E-state index contributed by atoms with van der Waals surface area (Å²) < 4.78 is 5.55. The Morgan fingerprint density at radius 3 is 2.62 bits per heavy atom. The van der Waals surface area contributed by atoms with Gasteiger partial charge >= 0.3 is 0 Å². The molecule has 21 heavy (non-hydrogen) atoms. The van der Waals surface area contributed by atoms with E-state index >= 15 is 0 Å². The summed E-state index contributed by atoms with van der Waals surface area (Å²) in [5.41, 5.74) is 0. The van der Waals surface area contributed by atoms with Crippen LogP contribution < -0.4 is 0 Å². The Balaban J connectivity index is 1.56. The molecule has 1 aromatic heterocycles. The monoisotopic (exact) mass is 292 g/mol. The first-order valence-electron chi connectivity index (χ1n) is 7.99. The smallest absolute Gasteiger partial charge is 0.289 e. The lowest BCUT2D eigenvalue weighted by Gasteiger charge is -2.38. The summed E-state index contributed by atoms with van der Waals surface area (Å²) in [6.45, 7) is 5.12. The van der Waals surface area contributed by atoms with Gasteiger partial charge in [0.15, 0.2) is 5.76 Å². The zero-order valence-electron chi connectivity index (χ0n) is 12.6. The Bertz CT molecular complexity index is 491. The minimum absolute atomic E-state index is 0.0127. The summed E-state index contributed by atoms with van der Waals surface area (Å²) in [4.78, 5) is 16.6. The van der Waals surface area contributed by atoms with Gasteiger partial charge < -0.3 is 14.4 Å². The van der Waals surface area contributed by atoms with Gasteiger partial charge in [-0.2, -0.15) is 0 Å². The van der Waals surface area contributed by atoms with Crippen LogP contribution >= 0.6 is 0 Å². The number of amides is 1. The van der Waals surface area contributed by atoms with Gasteiger partial charge in [0.2, 0.25) is 0 Å². The maximum atomic E-state index is 12.4. The third kappa shape index (κ3) is 2.99. The second kappa shape index (κ2) is 6.20. The number of carbonyl (C=O) groups is 1. The highest BCUT2D eigenvalue weighted by molar-refractivity contribution is 5.91. The maximum absolute atomic E-state index is 12.4. The van der Waals surface area contributed by atoms with Gasteiger partial charge in [0.25, 0.3) is 5.91 Å². The molecule has 5 nitrogen and oxygen atoms in total. The molecule has 2 heterocycles. The van der Waals surface area contributed by atoms with E-state index in [9.17, 15) is 9.90 Å². The predicted octanol–water partition coefficient (Wildman–Crippen LogP) is 1.51. The molecule has 1 aliphatic carbocycles. The number of furan rings is 1. The van der Waals surface area contributed by atoms with E-state index in [-0.39, 0.29) is 18.1 Å². The molecule has 1 saturated carbocycles. The summed E-state index contributed by atoms with van der Waals surface area (Å²) in [5.74, 6) is 1.29. The highest BCUT2D eigenvalue weighted by atomic mass is 16.4. The fraction of sp³-hybridized carbons (Fsp3) is 0.688. The quantitative estimate of drug-likeness (QED) is 0.917. The van der Waals surface area contributed by atoms with Crippen molar-refractivity contribution in [1.82, 2.24) is 9.80 Å². The minimum Gasteiger partial charge on any atom is -0.456 e. The van der Waals surface area contributed by atoms with E-state index < -0.39 is 0 Å². The van der Waals surface area contributed by atoms with Gasteiger partial charge in [0.1, 0.15) is 5.76 Å². The lowest BCUT2D eigenvalue weighted by atomic mass is 10.1. The van der Waals surface area contributed by atoms with Gasteiger partial charge in [-0.25, -0.2) is 0 Å². The fourth-order valence-electron chi connectivity index (χ4n) is 3.44. The largest absolute Gasteiger partial charge is 0.456 e. The van der Waals surface area contributed by atoms with E-state index in [0.717, 1.165) is 44.5 Å². The molecule has 2 aliphatic rings. The number of aliphatic hydroxyl groups is 1. The molecule has 1 aromatic rings. The number of carbonyl (C=O) groups excluding carboxylic acids is 1. The van der Waals surface area contributed by atoms with E-state index in [4.69, 9.17) is 4.42 Å². The SMILES string of the molecule is CCc1ccc(C(=O)N2CCN([C@H]3CCC[C@H]3O)CC2)o1. The molecule has 3 rings (SSSR count). The topological polar surface area (TPSA) is 56.9 Å². The Morgan fingerprint density at radius 1 is 1.29 bits per heavy atom. The normalized spacial score (nSPS) is 27.2. The molecule has 2 fully saturated rings. The Labute approximate surface area is 125 Å². The predicted molar refractivity (Wildman–Crippen MR) is 79.2 cm³/mol. The summed E-state index contributed by atoms with van der Waals surface area (Å²) in [5, 5.41) is 9.99. The van der Waals surface area contributed by atoms with Crippen LogP contribution in [0.5, 0.6) is 0 Å². The van der Waals surface area contributed by atoms with Crippen molar-refractivity contribution in [3.63, 3.8) is 0 Å². The van der Waals surface area contributed by atoms with E-state index in [2.05, 4.69) is 4.90 Å². The molecule has 0 radical (unpaired) electrons. The van der Waals surface area contributed by atoms with Crippen LogP contribution in [0, 0.1) is 0 Å². The first kappa shape index (κ1) is 14.6. The van der Waals surface area contributed by atoms with Crippen molar-refractivity contribution >= 4 is 5.91 Å². The fourth-order valence-corrected chi connectivity index (χ4v) is 3.44. The Kier molecular flexibility index (Phi) is 4.31. The van der Waals surface area contributed by atoms with Crippen molar-refractivity contribution in [2.45, 2.75) is 44.8 Å². The van der Waals surface area contributed by atoms with Gasteiger partial charge in [-0.15, -0.1) is 0 Å². The van der Waals surface area contributed by atoms with Crippen LogP contribution in [0.15, 0.2) is 16.5 Å². The molecule has 5 heteroatoms. The molecular weight excluding hydrogens is 268 g/mol. The second-order valence-electron chi connectivity index (χ2n) is 6.01. The zero-order chi connectivity index (χ0) is 14.8. The Morgan fingerprint density at radius 2 is 2.05 bits per heavy atom. The lowest BCUT2D eigenvalue weighted by molar-refractivity contribution is 0.0301. The van der Waals surface area contributed by atoms with Crippen LogP contribution in [0.25, 0.3) is 0 Å². The summed E-state index contributed by atoms with van der Waals surface area (Å²) in [6.07, 6.45) is 3.71. The average Bonchev–Trinajstić information content (AvgIpc) is 3.15. The van der Waals surface area contributed by atoms with E-state index in [1.165, 1.54) is 0 Å². The molecule has 0 aromatic carbocycles. The number of nitrogens with zero attached hydrogens (tertiary/aromatic N) is 2. The van der Waals surface area contributed by atoms with E-state index in [0.29, 0.717) is 18.8 Å². The van der Waals surface area contributed by atoms with E-state index in [1.807, 2.05) is 17.9 Å². The third-order valence-corrected chi connectivity index (χ3v) is 4.74. The number of hydrogen-bond acceptors (Lipinski definition) is 4. The van der Waals surface area contributed by atoms with Crippen LogP contribution in [0.1, 0.15) is 42.5 Å². The average molecular weight is 292 g/mol. The highest BCUT2D eigenvalue weighted by Crippen LogP contribution is 2.25. The molecule has 2 atom stereocenters. The van der Waals surface area contributed by atoms with E-state index in [1.54, 1.807) is 6.07 Å². The summed E-state index contributed by atoms with van der Waals surface area (Å²) >= 11 is 0. The van der Waals surface area contributed by atoms with Gasteiger partial charge in [-0.05, 0) is 31.4 Å². The van der Waals surface area contributed by atoms with Crippen LogP contribution in [0.4, 0.5) is 0 Å². The van der Waals surface area contributed by atoms with Crippen molar-refractivity contribution in [3.8, 4) is 0 Å². The maximum Gasteiger partial charge on any atom is 0.289 e. The first-order valence-corrected chi connectivity index (χ1v) is 7.99. The van der Waals surface area contributed by atoms with Crippen LogP contribution in [0.2, 0.25) is 0 Å². The molecule has 1 saturated heterocycles. The van der Waals surface area contributed by atoms with Crippen LogP contribution in [0.3, 0.4) is 0 Å². The lowest BCUT2D eigenvalue weighted by Crippen LogP contribution is -2.53. The zero-order valence-corrected chi connectivity index (χ0v) is 12.6. The van der Waals surface area contributed by atoms with Gasteiger partial charge in [0, 0.05) is 38.6 Å². The number of rotatable bonds is 3. The number of aliphatic hydroxyl groups excluding tert-OH is 1. The second-order valence-corrected chi connectivity index (χ2v) is 6.01. The van der Waals surface area contributed by atoms with Crippen molar-refractivity contribution in [1.29, 1.82) is 0 Å². The highest BCUT2D eigenvalue weighted by Gasteiger charge is 2.33. The molecular formula is C16H24N2O3. The molecule has 1 amide bonds. The summed E-state index contributed by atoms with van der Waals surface area (Å²) in [7, 11) is 0. The van der Waals surface area contributed by atoms with Crippen LogP contribution in [-0.4, -0.2) is 59.1 Å². The van der Waals surface area contributed by atoms with Gasteiger partial charge in [-0.3, -0.25) is 9.69 Å². The molecule has 0 unspecified atom stereocenters. The molecule has 0 bridgehead atoms. The number of piperazine rings is 1. The Hall–Kier alpha value is -1.33. The van der Waals surface area contributed by atoms with Crippen molar-refractivity contribution in [2.24, 2.45) is 0 Å².